The summed E-state index contributed by atoms with van der Waals surface area (Å²) in [6, 6.07) is 32.9. The Morgan fingerprint density at radius 2 is 0.688 bits per heavy atom. The first-order valence-corrected chi connectivity index (χ1v) is 19.6. The van der Waals surface area contributed by atoms with Gasteiger partial charge in [-0.3, -0.25) is 0 Å². The Kier molecular flexibility index (Phi) is 7.62. The average molecular weight is 534 g/mol. The van der Waals surface area contributed by atoms with Crippen LogP contribution in [0.5, 0.6) is 0 Å². The van der Waals surface area contributed by atoms with Gasteiger partial charge in [-0.15, -0.1) is 0 Å². The zero-order valence-electron chi connectivity index (χ0n) is 20.9. The molecule has 0 saturated carbocycles. The van der Waals surface area contributed by atoms with Gasteiger partial charge >= 0.3 is 201 Å². The van der Waals surface area contributed by atoms with Crippen LogP contribution in [0.4, 0.5) is 0 Å². The molecule has 0 amide bonds. The van der Waals surface area contributed by atoms with Crippen LogP contribution < -0.4 is 3.96 Å². The van der Waals surface area contributed by atoms with Crippen LogP contribution in [0.25, 0.3) is 0 Å². The van der Waals surface area contributed by atoms with Crippen molar-refractivity contribution in [1.29, 1.82) is 0 Å². The molecular formula is C30H41NSn. The quantitative estimate of drug-likeness (QED) is 0.279. The molecule has 0 atom stereocenters. The molecule has 32 heavy (non-hydrogen) atoms. The Labute approximate surface area is 200 Å². The van der Waals surface area contributed by atoms with Gasteiger partial charge in [0.25, 0.3) is 0 Å². The fourth-order valence-corrected chi connectivity index (χ4v) is 23.7. The van der Waals surface area contributed by atoms with Crippen LogP contribution in [0.3, 0.4) is 0 Å². The summed E-state index contributed by atoms with van der Waals surface area (Å²) in [4.78, 5) is 0. The predicted molar refractivity (Wildman–Crippen MR) is 143 cm³/mol. The summed E-state index contributed by atoms with van der Waals surface area (Å²) in [7, 11) is 0. The molecule has 0 unspecified atom stereocenters. The molecule has 1 nitrogen and oxygen atoms in total. The van der Waals surface area contributed by atoms with Crippen molar-refractivity contribution >= 4 is 18.7 Å². The molecule has 0 aromatic heterocycles. The fourth-order valence-electron chi connectivity index (χ4n) is 5.80. The van der Waals surface area contributed by atoms with Crippen molar-refractivity contribution < 1.29 is 0 Å². The van der Waals surface area contributed by atoms with E-state index in [2.05, 4.69) is 133 Å². The predicted octanol–water partition coefficient (Wildman–Crippen LogP) is 7.82. The van der Waals surface area contributed by atoms with Crippen LogP contribution in [0.15, 0.2) is 91.0 Å². The average Bonchev–Trinajstić information content (AvgIpc) is 2.74. The third-order valence-electron chi connectivity index (χ3n) is 7.05. The molecule has 0 aliphatic carbocycles. The molecule has 0 aliphatic heterocycles. The van der Waals surface area contributed by atoms with Crippen molar-refractivity contribution in [3.05, 3.63) is 108 Å². The zero-order valence-corrected chi connectivity index (χ0v) is 23.7. The van der Waals surface area contributed by atoms with Crippen molar-refractivity contribution in [2.45, 2.75) is 71.1 Å². The molecule has 3 aromatic rings. The number of nitrogens with two attached hydrogens (primary N) is 1. The molecule has 0 heterocycles. The van der Waals surface area contributed by atoms with E-state index in [1.54, 1.807) is 0 Å². The maximum atomic E-state index is 7.68. The van der Waals surface area contributed by atoms with Crippen LogP contribution in [-0.4, -0.2) is 18.7 Å². The summed E-state index contributed by atoms with van der Waals surface area (Å²) >= 11 is -3.16. The van der Waals surface area contributed by atoms with Crippen LogP contribution in [0.1, 0.15) is 58.2 Å². The molecule has 0 radical (unpaired) electrons. The summed E-state index contributed by atoms with van der Waals surface area (Å²) in [6.45, 7) is 14.4. The number of hydrogen-bond donors (Lipinski definition) is 1. The van der Waals surface area contributed by atoms with Gasteiger partial charge in [-0.2, -0.15) is 0 Å². The molecular weight excluding hydrogens is 493 g/mol. The minimum atomic E-state index is -3.16. The van der Waals surface area contributed by atoms with Crippen LogP contribution >= 0.6 is 0 Å². The Bertz CT molecular complexity index is 845. The van der Waals surface area contributed by atoms with Gasteiger partial charge in [-0.1, -0.05) is 0 Å². The van der Waals surface area contributed by atoms with Gasteiger partial charge in [0.2, 0.25) is 0 Å². The standard InChI is InChI=1S/3C10H13.H2N.Sn/c3*1-10(2,3)9-7-5-4-6-8-9;;/h3*4-8H,1H2,2-3H3;1H2;/q;;;-1;+1. The Balaban J connectivity index is 1.98. The van der Waals surface area contributed by atoms with Gasteiger partial charge in [0.15, 0.2) is 0 Å². The molecule has 0 bridgehead atoms. The number of benzene rings is 3. The molecule has 2 N–H and O–H groups in total. The van der Waals surface area contributed by atoms with Crippen molar-refractivity contribution in [2.75, 3.05) is 0 Å². The SMILES string of the molecule is CC(C)([CH2][Sn]([NH2])([CH2]C(C)(C)c1ccccc1)[CH2]C(C)(C)c1ccccc1)c1ccccc1. The van der Waals surface area contributed by atoms with E-state index < -0.39 is 18.7 Å². The van der Waals surface area contributed by atoms with Crippen LogP contribution in [-0.2, 0) is 16.2 Å². The second-order valence-corrected chi connectivity index (χ2v) is 22.4. The van der Waals surface area contributed by atoms with E-state index in [1.807, 2.05) is 0 Å². The van der Waals surface area contributed by atoms with Gasteiger partial charge in [-0.25, -0.2) is 0 Å². The van der Waals surface area contributed by atoms with E-state index in [-0.39, 0.29) is 16.2 Å². The van der Waals surface area contributed by atoms with Gasteiger partial charge in [0.05, 0.1) is 0 Å². The molecule has 2 heteroatoms. The topological polar surface area (TPSA) is 26.0 Å². The molecule has 3 rings (SSSR count). The molecule has 3 aromatic carbocycles. The summed E-state index contributed by atoms with van der Waals surface area (Å²) in [6.07, 6.45) is 0. The first kappa shape index (κ1) is 25.0. The van der Waals surface area contributed by atoms with E-state index in [0.29, 0.717) is 0 Å². The van der Waals surface area contributed by atoms with E-state index in [1.165, 1.54) is 16.7 Å². The van der Waals surface area contributed by atoms with Gasteiger partial charge in [0, 0.05) is 0 Å². The zero-order chi connectivity index (χ0) is 23.5. The van der Waals surface area contributed by atoms with Gasteiger partial charge in [-0.05, 0) is 0 Å². The van der Waals surface area contributed by atoms with Crippen molar-refractivity contribution in [2.24, 2.45) is 3.96 Å². The van der Waals surface area contributed by atoms with Crippen molar-refractivity contribution in [1.82, 2.24) is 0 Å². The second-order valence-electron chi connectivity index (χ2n) is 11.6. The summed E-state index contributed by atoms with van der Waals surface area (Å²) in [5.41, 5.74) is 4.44. The fraction of sp³-hybridized carbons (Fsp3) is 0.400. The Morgan fingerprint density at radius 3 is 0.906 bits per heavy atom. The Hall–Kier alpha value is -1.58. The molecule has 170 valence electrons. The normalized spacial score (nSPS) is 13.2. The molecule has 0 aliphatic rings. The third-order valence-corrected chi connectivity index (χ3v) is 20.6. The molecule has 0 fully saturated rings. The number of hydrogen-bond acceptors (Lipinski definition) is 1. The van der Waals surface area contributed by atoms with E-state index in [0.717, 1.165) is 13.3 Å². The minimum absolute atomic E-state index is 0.0750. The van der Waals surface area contributed by atoms with Crippen molar-refractivity contribution in [3.63, 3.8) is 0 Å². The van der Waals surface area contributed by atoms with Crippen LogP contribution in [0, 0.1) is 0 Å². The Morgan fingerprint density at radius 1 is 0.469 bits per heavy atom. The summed E-state index contributed by atoms with van der Waals surface area (Å²) in [5, 5.41) is 0. The van der Waals surface area contributed by atoms with E-state index in [9.17, 15) is 0 Å². The molecule has 0 spiro atoms. The summed E-state index contributed by atoms with van der Waals surface area (Å²) in [5.74, 6) is 0. The molecule has 0 saturated heterocycles. The van der Waals surface area contributed by atoms with Crippen molar-refractivity contribution in [3.8, 4) is 0 Å². The maximum absolute atomic E-state index is 7.68. The third kappa shape index (κ3) is 6.26. The van der Waals surface area contributed by atoms with Crippen LogP contribution in [0.2, 0.25) is 13.3 Å². The van der Waals surface area contributed by atoms with Gasteiger partial charge < -0.3 is 0 Å². The van der Waals surface area contributed by atoms with E-state index >= 15 is 0 Å². The first-order chi connectivity index (χ1) is 14.9. The number of rotatable bonds is 9. The van der Waals surface area contributed by atoms with E-state index in [4.69, 9.17) is 3.96 Å². The monoisotopic (exact) mass is 535 g/mol. The van der Waals surface area contributed by atoms with Gasteiger partial charge in [0.1, 0.15) is 0 Å². The second kappa shape index (κ2) is 9.73. The summed E-state index contributed by atoms with van der Waals surface area (Å²) < 4.78 is 11.1. The first-order valence-electron chi connectivity index (χ1n) is 11.9.